The first-order valence-electron chi connectivity index (χ1n) is 10.9. The van der Waals surface area contributed by atoms with Crippen molar-refractivity contribution in [3.05, 3.63) is 88.3 Å². The average Bonchev–Trinajstić information content (AvgIpc) is 2.83. The fourth-order valence-corrected chi connectivity index (χ4v) is 4.31. The van der Waals surface area contributed by atoms with E-state index in [0.717, 1.165) is 17.7 Å². The second kappa shape index (κ2) is 10.0. The molecule has 0 aliphatic rings. The summed E-state index contributed by atoms with van der Waals surface area (Å²) >= 11 is 1.22. The zero-order chi connectivity index (χ0) is 23.4. The maximum absolute atomic E-state index is 13.3. The predicted molar refractivity (Wildman–Crippen MR) is 134 cm³/mol. The number of para-hydroxylation sites is 1. The molecule has 4 rings (SSSR count). The fourth-order valence-electron chi connectivity index (χ4n) is 3.51. The van der Waals surface area contributed by atoms with Gasteiger partial charge in [-0.15, -0.1) is 0 Å². The Bertz CT molecular complexity index is 1350. The van der Waals surface area contributed by atoms with Gasteiger partial charge in [0.1, 0.15) is 5.82 Å². The normalized spacial score (nSPS) is 12.0. The molecule has 2 heterocycles. The van der Waals surface area contributed by atoms with Crippen LogP contribution in [0.15, 0.2) is 76.8 Å². The average molecular weight is 459 g/mol. The smallest absolute Gasteiger partial charge is 0.267 e. The van der Waals surface area contributed by atoms with Gasteiger partial charge in [-0.05, 0) is 66.8 Å². The van der Waals surface area contributed by atoms with Crippen molar-refractivity contribution in [2.24, 2.45) is 0 Å². The first kappa shape index (κ1) is 22.7. The Labute approximate surface area is 197 Å². The molecule has 0 saturated carbocycles. The number of carbonyl (C=O) groups excluding carboxylic acids is 1. The van der Waals surface area contributed by atoms with Crippen LogP contribution in [-0.4, -0.2) is 26.2 Å². The van der Waals surface area contributed by atoms with Crippen molar-refractivity contribution in [1.82, 2.24) is 14.5 Å². The number of fused-ring (bicyclic) bond motifs is 1. The highest BCUT2D eigenvalue weighted by Crippen LogP contribution is 2.23. The number of amides is 1. The number of hydrogen-bond acceptors (Lipinski definition) is 5. The van der Waals surface area contributed by atoms with E-state index >= 15 is 0 Å². The Morgan fingerprint density at radius 3 is 2.61 bits per heavy atom. The van der Waals surface area contributed by atoms with E-state index in [9.17, 15) is 9.59 Å². The van der Waals surface area contributed by atoms with Crippen LogP contribution in [0, 0.1) is 6.92 Å². The van der Waals surface area contributed by atoms with Gasteiger partial charge in [-0.3, -0.25) is 9.59 Å². The van der Waals surface area contributed by atoms with Crippen molar-refractivity contribution in [3.8, 4) is 5.82 Å². The Hall–Kier alpha value is -3.45. The lowest BCUT2D eigenvalue weighted by Gasteiger charge is -2.13. The van der Waals surface area contributed by atoms with Gasteiger partial charge in [-0.1, -0.05) is 49.9 Å². The fraction of sp³-hybridized carbons (Fsp3) is 0.231. The van der Waals surface area contributed by atoms with Gasteiger partial charge in [0.05, 0.1) is 16.7 Å². The first-order chi connectivity index (χ1) is 16.0. The standard InChI is InChI=1S/C26H26N4O2S/c1-4-18(3)19-9-11-20(12-10-19)28-24(31)16-33-26-29-22-8-6-5-7-21(22)25(32)30(26)23-15-17(2)13-14-27-23/h5-15,18H,4,16H2,1-3H3,(H,28,31). The molecule has 168 valence electrons. The van der Waals surface area contributed by atoms with Crippen molar-refractivity contribution >= 4 is 34.3 Å². The largest absolute Gasteiger partial charge is 0.325 e. The van der Waals surface area contributed by atoms with E-state index in [1.54, 1.807) is 18.3 Å². The van der Waals surface area contributed by atoms with Crippen LogP contribution in [0.3, 0.4) is 0 Å². The van der Waals surface area contributed by atoms with E-state index in [0.29, 0.717) is 27.8 Å². The summed E-state index contributed by atoms with van der Waals surface area (Å²) in [4.78, 5) is 35.0. The number of benzene rings is 2. The minimum Gasteiger partial charge on any atom is -0.325 e. The van der Waals surface area contributed by atoms with E-state index in [2.05, 4.69) is 29.1 Å². The summed E-state index contributed by atoms with van der Waals surface area (Å²) in [6, 6.07) is 18.8. The van der Waals surface area contributed by atoms with E-state index in [-0.39, 0.29) is 17.2 Å². The molecule has 0 aliphatic heterocycles. The van der Waals surface area contributed by atoms with E-state index in [4.69, 9.17) is 0 Å². The van der Waals surface area contributed by atoms with Crippen molar-refractivity contribution in [3.63, 3.8) is 0 Å². The maximum atomic E-state index is 13.3. The zero-order valence-corrected chi connectivity index (χ0v) is 19.7. The lowest BCUT2D eigenvalue weighted by molar-refractivity contribution is -0.113. The number of nitrogens with zero attached hydrogens (tertiary/aromatic N) is 3. The van der Waals surface area contributed by atoms with E-state index in [1.165, 1.54) is 21.9 Å². The highest BCUT2D eigenvalue weighted by Gasteiger charge is 2.16. The number of anilines is 1. The van der Waals surface area contributed by atoms with Crippen molar-refractivity contribution < 1.29 is 4.79 Å². The third kappa shape index (κ3) is 5.14. The van der Waals surface area contributed by atoms with Gasteiger partial charge in [0.2, 0.25) is 5.91 Å². The van der Waals surface area contributed by atoms with Gasteiger partial charge in [-0.2, -0.15) is 0 Å². The summed E-state index contributed by atoms with van der Waals surface area (Å²) in [6.45, 7) is 6.28. The molecule has 0 fully saturated rings. The van der Waals surface area contributed by atoms with E-state index in [1.807, 2.05) is 55.5 Å². The molecule has 2 aromatic heterocycles. The lowest BCUT2D eigenvalue weighted by atomic mass is 9.99. The van der Waals surface area contributed by atoms with E-state index < -0.39 is 0 Å². The number of pyridine rings is 1. The zero-order valence-electron chi connectivity index (χ0n) is 18.9. The number of hydrogen-bond donors (Lipinski definition) is 1. The second-order valence-corrected chi connectivity index (χ2v) is 8.95. The molecule has 33 heavy (non-hydrogen) atoms. The molecular weight excluding hydrogens is 432 g/mol. The molecule has 7 heteroatoms. The molecule has 0 spiro atoms. The summed E-state index contributed by atoms with van der Waals surface area (Å²) in [6.07, 6.45) is 2.73. The highest BCUT2D eigenvalue weighted by molar-refractivity contribution is 7.99. The SMILES string of the molecule is CCC(C)c1ccc(NC(=O)CSc2nc3ccccc3c(=O)n2-c2cc(C)ccn2)cc1. The number of carbonyl (C=O) groups is 1. The molecule has 0 saturated heterocycles. The molecule has 1 amide bonds. The Morgan fingerprint density at radius 1 is 1.12 bits per heavy atom. The van der Waals surface area contributed by atoms with Crippen molar-refractivity contribution in [2.45, 2.75) is 38.3 Å². The molecular formula is C26H26N4O2S. The van der Waals surface area contributed by atoms with Crippen molar-refractivity contribution in [1.29, 1.82) is 0 Å². The molecule has 1 atom stereocenters. The van der Waals surface area contributed by atoms with Gasteiger partial charge in [0.25, 0.3) is 5.56 Å². The molecule has 1 unspecified atom stereocenters. The third-order valence-corrected chi connectivity index (χ3v) is 6.52. The summed E-state index contributed by atoms with van der Waals surface area (Å²) in [5.74, 6) is 0.921. The number of rotatable bonds is 7. The molecule has 4 aromatic rings. The molecule has 0 aliphatic carbocycles. The van der Waals surface area contributed by atoms with Crippen LogP contribution < -0.4 is 10.9 Å². The number of aromatic nitrogens is 3. The topological polar surface area (TPSA) is 76.9 Å². The Balaban J connectivity index is 1.58. The number of nitrogens with one attached hydrogen (secondary N) is 1. The van der Waals surface area contributed by atoms with Crippen LogP contribution in [-0.2, 0) is 4.79 Å². The van der Waals surface area contributed by atoms with Gasteiger partial charge in [0.15, 0.2) is 5.16 Å². The summed E-state index contributed by atoms with van der Waals surface area (Å²) in [5.41, 5.74) is 3.36. The van der Waals surface area contributed by atoms with Gasteiger partial charge in [0, 0.05) is 11.9 Å². The van der Waals surface area contributed by atoms with Crippen LogP contribution in [0.2, 0.25) is 0 Å². The number of aryl methyl sites for hydroxylation is 1. The first-order valence-corrected chi connectivity index (χ1v) is 11.9. The van der Waals surface area contributed by atoms with Crippen LogP contribution in [0.5, 0.6) is 0 Å². The van der Waals surface area contributed by atoms with Crippen LogP contribution in [0.25, 0.3) is 16.7 Å². The quantitative estimate of drug-likeness (QED) is 0.299. The number of thioether (sulfide) groups is 1. The Morgan fingerprint density at radius 2 is 1.88 bits per heavy atom. The summed E-state index contributed by atoms with van der Waals surface area (Å²) < 4.78 is 1.48. The molecule has 1 N–H and O–H groups in total. The van der Waals surface area contributed by atoms with Crippen LogP contribution in [0.4, 0.5) is 5.69 Å². The summed E-state index contributed by atoms with van der Waals surface area (Å²) in [7, 11) is 0. The summed E-state index contributed by atoms with van der Waals surface area (Å²) in [5, 5.41) is 3.87. The second-order valence-electron chi connectivity index (χ2n) is 8.01. The minimum absolute atomic E-state index is 0.115. The van der Waals surface area contributed by atoms with Crippen LogP contribution in [0.1, 0.15) is 37.3 Å². The van der Waals surface area contributed by atoms with Gasteiger partial charge >= 0.3 is 0 Å². The molecule has 0 radical (unpaired) electrons. The third-order valence-electron chi connectivity index (χ3n) is 5.58. The predicted octanol–water partition coefficient (Wildman–Crippen LogP) is 5.33. The molecule has 0 bridgehead atoms. The highest BCUT2D eigenvalue weighted by atomic mass is 32.2. The minimum atomic E-state index is -0.206. The van der Waals surface area contributed by atoms with Gasteiger partial charge in [-0.25, -0.2) is 14.5 Å². The lowest BCUT2D eigenvalue weighted by Crippen LogP contribution is -2.23. The van der Waals surface area contributed by atoms with Crippen molar-refractivity contribution in [2.75, 3.05) is 11.1 Å². The van der Waals surface area contributed by atoms with Gasteiger partial charge < -0.3 is 5.32 Å². The molecule has 6 nitrogen and oxygen atoms in total. The Kier molecular flexibility index (Phi) is 6.89. The molecule has 2 aromatic carbocycles. The monoisotopic (exact) mass is 458 g/mol. The maximum Gasteiger partial charge on any atom is 0.267 e. The van der Waals surface area contributed by atoms with Crippen LogP contribution >= 0.6 is 11.8 Å².